The molecular formula is C20H26N4O4S. The molecule has 0 saturated carbocycles. The Bertz CT molecular complexity index is 992. The van der Waals surface area contributed by atoms with Crippen molar-refractivity contribution in [2.45, 2.75) is 6.42 Å². The summed E-state index contributed by atoms with van der Waals surface area (Å²) >= 11 is 0. The van der Waals surface area contributed by atoms with Crippen molar-refractivity contribution in [2.75, 3.05) is 49.7 Å². The summed E-state index contributed by atoms with van der Waals surface area (Å²) < 4.78 is 37.6. The van der Waals surface area contributed by atoms with Crippen molar-refractivity contribution in [3.05, 3.63) is 48.0 Å². The van der Waals surface area contributed by atoms with Gasteiger partial charge in [-0.15, -0.1) is 0 Å². The zero-order valence-corrected chi connectivity index (χ0v) is 17.6. The normalized spacial score (nSPS) is 13.8. The number of hydrogen-bond acceptors (Lipinski definition) is 5. The fraction of sp³-hybridized carbons (Fsp3) is 0.350. The molecule has 2 aromatic rings. The summed E-state index contributed by atoms with van der Waals surface area (Å²) in [6.07, 6.45) is 0.741. The summed E-state index contributed by atoms with van der Waals surface area (Å²) in [4.78, 5) is 4.15. The topological polar surface area (TPSA) is 92.3 Å². The van der Waals surface area contributed by atoms with Crippen molar-refractivity contribution >= 4 is 27.4 Å². The molecule has 0 bridgehead atoms. The molecule has 1 heterocycles. The summed E-state index contributed by atoms with van der Waals surface area (Å²) in [6.45, 7) is 0.717. The van der Waals surface area contributed by atoms with Gasteiger partial charge in [-0.2, -0.15) is 0 Å². The highest BCUT2D eigenvalue weighted by atomic mass is 32.2. The molecule has 0 aromatic heterocycles. The lowest BCUT2D eigenvalue weighted by atomic mass is 10.2. The monoisotopic (exact) mass is 418 g/mol. The largest absolute Gasteiger partial charge is 0.493 e. The summed E-state index contributed by atoms with van der Waals surface area (Å²) in [7, 11) is 1.35. The summed E-state index contributed by atoms with van der Waals surface area (Å²) in [5.41, 5.74) is 2.59. The Hall–Kier alpha value is -2.94. The van der Waals surface area contributed by atoms with E-state index in [-0.39, 0.29) is 12.3 Å². The molecule has 29 heavy (non-hydrogen) atoms. The lowest BCUT2D eigenvalue weighted by molar-refractivity contribution is 0.355. The molecule has 8 nitrogen and oxygen atoms in total. The summed E-state index contributed by atoms with van der Waals surface area (Å²) in [6, 6.07) is 13.0. The quantitative estimate of drug-likeness (QED) is 0.528. The van der Waals surface area contributed by atoms with Crippen LogP contribution in [-0.4, -0.2) is 54.5 Å². The van der Waals surface area contributed by atoms with Crippen LogP contribution < -0.4 is 24.4 Å². The van der Waals surface area contributed by atoms with Crippen LogP contribution in [0, 0.1) is 0 Å². The van der Waals surface area contributed by atoms with Crippen molar-refractivity contribution in [2.24, 2.45) is 4.99 Å². The zero-order valence-electron chi connectivity index (χ0n) is 16.8. The van der Waals surface area contributed by atoms with Gasteiger partial charge in [0.25, 0.3) is 0 Å². The van der Waals surface area contributed by atoms with Crippen LogP contribution in [0.4, 0.5) is 11.4 Å². The van der Waals surface area contributed by atoms with Gasteiger partial charge in [0.15, 0.2) is 17.5 Å². The molecule has 0 aliphatic carbocycles. The van der Waals surface area contributed by atoms with Gasteiger partial charge in [-0.3, -0.25) is 9.30 Å². The Morgan fingerprint density at radius 3 is 2.62 bits per heavy atom. The minimum Gasteiger partial charge on any atom is -0.493 e. The molecule has 0 spiro atoms. The van der Waals surface area contributed by atoms with E-state index in [1.165, 1.54) is 4.31 Å². The van der Waals surface area contributed by atoms with Crippen LogP contribution in [0.5, 0.6) is 11.5 Å². The van der Waals surface area contributed by atoms with E-state index >= 15 is 0 Å². The van der Waals surface area contributed by atoms with Gasteiger partial charge in [-0.05, 0) is 30.2 Å². The second kappa shape index (κ2) is 9.04. The fourth-order valence-electron chi connectivity index (χ4n) is 3.24. The number of rotatable bonds is 7. The van der Waals surface area contributed by atoms with Crippen LogP contribution >= 0.6 is 0 Å². The number of hydrogen-bond donors (Lipinski definition) is 2. The Balaban J connectivity index is 1.59. The Kier molecular flexibility index (Phi) is 6.48. The molecule has 3 rings (SSSR count). The molecular weight excluding hydrogens is 392 g/mol. The van der Waals surface area contributed by atoms with Crippen molar-refractivity contribution in [3.8, 4) is 11.5 Å². The number of sulfonamides is 1. The van der Waals surface area contributed by atoms with Gasteiger partial charge in [-0.25, -0.2) is 8.42 Å². The third-order valence-electron chi connectivity index (χ3n) is 4.70. The van der Waals surface area contributed by atoms with Gasteiger partial charge >= 0.3 is 0 Å². The van der Waals surface area contributed by atoms with Crippen LogP contribution in [0.15, 0.2) is 47.5 Å². The minimum atomic E-state index is -3.42. The maximum atomic E-state index is 12.8. The number of methoxy groups -OCH3 is 2. The van der Waals surface area contributed by atoms with E-state index in [0.717, 1.165) is 23.4 Å². The Labute approximate surface area is 171 Å². The lowest BCUT2D eigenvalue weighted by Gasteiger charge is -2.20. The van der Waals surface area contributed by atoms with Crippen LogP contribution in [-0.2, 0) is 16.4 Å². The van der Waals surface area contributed by atoms with Gasteiger partial charge < -0.3 is 20.1 Å². The van der Waals surface area contributed by atoms with Crippen molar-refractivity contribution in [1.82, 2.24) is 5.32 Å². The zero-order chi connectivity index (χ0) is 20.9. The van der Waals surface area contributed by atoms with E-state index in [0.29, 0.717) is 24.0 Å². The van der Waals surface area contributed by atoms with Gasteiger partial charge in [0.2, 0.25) is 10.0 Å². The standard InChI is InChI=1S/C20H26N4O4S/c1-21-20(23-16-8-9-18(27-2)19(14-16)28-3)22-11-13-29(25,26)24-12-10-15-6-4-5-7-17(15)24/h4-9,14H,10-13H2,1-3H3,(H2,21,22,23). The number of fused-ring (bicyclic) bond motifs is 1. The third kappa shape index (κ3) is 4.73. The summed E-state index contributed by atoms with van der Waals surface area (Å²) in [5, 5.41) is 6.17. The smallest absolute Gasteiger partial charge is 0.236 e. The van der Waals surface area contributed by atoms with E-state index < -0.39 is 10.0 Å². The number of nitrogens with one attached hydrogen (secondary N) is 2. The van der Waals surface area contributed by atoms with E-state index in [9.17, 15) is 8.42 Å². The number of aliphatic imine (C=N–C) groups is 1. The van der Waals surface area contributed by atoms with Crippen molar-refractivity contribution in [3.63, 3.8) is 0 Å². The van der Waals surface area contributed by atoms with E-state index in [1.807, 2.05) is 30.3 Å². The van der Waals surface area contributed by atoms with E-state index in [2.05, 4.69) is 15.6 Å². The molecule has 2 aromatic carbocycles. The molecule has 0 atom stereocenters. The maximum absolute atomic E-state index is 12.8. The molecule has 0 unspecified atom stereocenters. The molecule has 2 N–H and O–H groups in total. The van der Waals surface area contributed by atoms with Crippen molar-refractivity contribution < 1.29 is 17.9 Å². The summed E-state index contributed by atoms with van der Waals surface area (Å²) in [5.74, 6) is 1.64. The first kappa shape index (κ1) is 20.8. The number of guanidine groups is 1. The third-order valence-corrected chi connectivity index (χ3v) is 6.47. The van der Waals surface area contributed by atoms with Gasteiger partial charge in [0.1, 0.15) is 0 Å². The molecule has 9 heteroatoms. The minimum absolute atomic E-state index is 0.0338. The molecule has 1 aliphatic rings. The van der Waals surface area contributed by atoms with Gasteiger partial charge in [-0.1, -0.05) is 18.2 Å². The van der Waals surface area contributed by atoms with Crippen LogP contribution in [0.3, 0.4) is 0 Å². The molecule has 0 saturated heterocycles. The SMILES string of the molecule is CN=C(NCCS(=O)(=O)N1CCc2ccccc21)Nc1ccc(OC)c(OC)c1. The van der Waals surface area contributed by atoms with Crippen LogP contribution in [0.2, 0.25) is 0 Å². The number of benzene rings is 2. The van der Waals surface area contributed by atoms with E-state index in [4.69, 9.17) is 9.47 Å². The Morgan fingerprint density at radius 2 is 1.90 bits per heavy atom. The maximum Gasteiger partial charge on any atom is 0.236 e. The number of para-hydroxylation sites is 1. The molecule has 1 aliphatic heterocycles. The predicted octanol–water partition coefficient (Wildman–Crippen LogP) is 2.08. The molecule has 0 amide bonds. The van der Waals surface area contributed by atoms with E-state index in [1.54, 1.807) is 33.4 Å². The molecule has 156 valence electrons. The second-order valence-corrected chi connectivity index (χ2v) is 8.47. The molecule has 0 fully saturated rings. The number of anilines is 2. The highest BCUT2D eigenvalue weighted by Crippen LogP contribution is 2.30. The van der Waals surface area contributed by atoms with Crippen LogP contribution in [0.25, 0.3) is 0 Å². The van der Waals surface area contributed by atoms with Gasteiger partial charge in [0.05, 0.1) is 25.7 Å². The first-order valence-electron chi connectivity index (χ1n) is 9.26. The number of nitrogens with zero attached hydrogens (tertiary/aromatic N) is 2. The highest BCUT2D eigenvalue weighted by molar-refractivity contribution is 7.92. The average molecular weight is 419 g/mol. The van der Waals surface area contributed by atoms with Crippen molar-refractivity contribution in [1.29, 1.82) is 0 Å². The number of ether oxygens (including phenoxy) is 2. The first-order chi connectivity index (χ1) is 14.0. The second-order valence-electron chi connectivity index (χ2n) is 6.46. The first-order valence-corrected chi connectivity index (χ1v) is 10.9. The van der Waals surface area contributed by atoms with Gasteiger partial charge in [0, 0.05) is 31.9 Å². The molecule has 0 radical (unpaired) electrons. The fourth-order valence-corrected chi connectivity index (χ4v) is 4.66. The van der Waals surface area contributed by atoms with Crippen LogP contribution in [0.1, 0.15) is 5.56 Å². The average Bonchev–Trinajstić information content (AvgIpc) is 3.18. The lowest BCUT2D eigenvalue weighted by Crippen LogP contribution is -2.39. The Morgan fingerprint density at radius 1 is 1.14 bits per heavy atom. The predicted molar refractivity (Wildman–Crippen MR) is 116 cm³/mol. The highest BCUT2D eigenvalue weighted by Gasteiger charge is 2.28.